The lowest BCUT2D eigenvalue weighted by molar-refractivity contribution is -0.192. The number of nitrogens with two attached hydrogens (primary N) is 1. The van der Waals surface area contributed by atoms with Gasteiger partial charge < -0.3 is 26.4 Å². The van der Waals surface area contributed by atoms with Crippen LogP contribution in [0.1, 0.15) is 33.8 Å². The monoisotopic (exact) mass is 472 g/mol. The van der Waals surface area contributed by atoms with E-state index in [0.717, 1.165) is 23.5 Å². The summed E-state index contributed by atoms with van der Waals surface area (Å²) in [6, 6.07) is 8.95. The molecule has 1 aliphatic rings. The predicted molar refractivity (Wildman–Crippen MR) is 115 cm³/mol. The number of hydrogen-bond acceptors (Lipinski definition) is 7. The third-order valence-corrected chi connectivity index (χ3v) is 5.74. The molecule has 1 unspecified atom stereocenters. The van der Waals surface area contributed by atoms with Crippen LogP contribution in [-0.4, -0.2) is 60.5 Å². The molecular weight excluding hydrogens is 449 g/mol. The number of aliphatic carboxylic acids is 1. The number of hydrogen-bond donors (Lipinski definition) is 4. The summed E-state index contributed by atoms with van der Waals surface area (Å²) in [5, 5.41) is 14.6. The highest BCUT2D eigenvalue weighted by Gasteiger charge is 2.38. The van der Waals surface area contributed by atoms with Crippen LogP contribution in [0.15, 0.2) is 30.3 Å². The summed E-state index contributed by atoms with van der Waals surface area (Å²) < 4.78 is 31.7. The molecule has 0 bridgehead atoms. The molecule has 5 N–H and O–H groups in total. The van der Waals surface area contributed by atoms with Crippen LogP contribution in [-0.2, 0) is 9.59 Å². The van der Waals surface area contributed by atoms with E-state index in [4.69, 9.17) is 15.6 Å². The van der Waals surface area contributed by atoms with Gasteiger partial charge in [-0.1, -0.05) is 30.3 Å². The van der Waals surface area contributed by atoms with Crippen molar-refractivity contribution in [2.75, 3.05) is 37.2 Å². The lowest BCUT2D eigenvalue weighted by atomic mass is 10.0. The minimum Gasteiger partial charge on any atom is -0.475 e. The Hall–Kier alpha value is -3.12. The molecule has 1 aliphatic heterocycles. The Bertz CT molecular complexity index is 950. The van der Waals surface area contributed by atoms with E-state index in [2.05, 4.69) is 10.6 Å². The van der Waals surface area contributed by atoms with Gasteiger partial charge in [-0.25, -0.2) is 4.79 Å². The quantitative estimate of drug-likeness (QED) is 0.376. The van der Waals surface area contributed by atoms with Gasteiger partial charge in [-0.15, -0.1) is 11.3 Å². The van der Waals surface area contributed by atoms with Crippen molar-refractivity contribution >= 4 is 40.2 Å². The number of benzene rings is 1. The number of rotatable bonds is 6. The highest BCUT2D eigenvalue weighted by molar-refractivity contribution is 7.19. The standard InChI is InChI=1S/C18H22N4O2S.C2HF3O2/c1-2-21-18-14(13-10-20-8-9-22(13)11-23)15(19)17(25-18)16(24)12-6-4-3-5-7-12;3-2(4,5)1(6)7/h3-7,11,13,20-21H,2,8-10,19H2,1H3;(H,6,7). The summed E-state index contributed by atoms with van der Waals surface area (Å²) in [4.78, 5) is 35.5. The van der Waals surface area contributed by atoms with E-state index in [1.807, 2.05) is 25.1 Å². The van der Waals surface area contributed by atoms with Gasteiger partial charge in [0.25, 0.3) is 0 Å². The molecule has 174 valence electrons. The van der Waals surface area contributed by atoms with Crippen molar-refractivity contribution in [3.05, 3.63) is 46.3 Å². The highest BCUT2D eigenvalue weighted by atomic mass is 32.1. The van der Waals surface area contributed by atoms with Gasteiger partial charge in [-0.05, 0) is 6.92 Å². The number of carbonyl (C=O) groups excluding carboxylic acids is 2. The van der Waals surface area contributed by atoms with E-state index >= 15 is 0 Å². The summed E-state index contributed by atoms with van der Waals surface area (Å²) >= 11 is 1.36. The maximum Gasteiger partial charge on any atom is 0.490 e. The average Bonchev–Trinajstić information content (AvgIpc) is 3.09. The van der Waals surface area contributed by atoms with E-state index < -0.39 is 12.1 Å². The maximum absolute atomic E-state index is 12.9. The number of ketones is 1. The second-order valence-electron chi connectivity index (χ2n) is 6.68. The van der Waals surface area contributed by atoms with E-state index in [1.54, 1.807) is 17.0 Å². The third-order valence-electron chi connectivity index (χ3n) is 4.56. The topological polar surface area (TPSA) is 125 Å². The van der Waals surface area contributed by atoms with Crippen molar-refractivity contribution < 1.29 is 32.7 Å². The van der Waals surface area contributed by atoms with Gasteiger partial charge in [0.1, 0.15) is 4.88 Å². The Labute approximate surface area is 186 Å². The van der Waals surface area contributed by atoms with Gasteiger partial charge in [-0.3, -0.25) is 9.59 Å². The minimum atomic E-state index is -5.08. The van der Waals surface area contributed by atoms with Crippen LogP contribution in [0, 0.1) is 0 Å². The van der Waals surface area contributed by atoms with E-state index in [9.17, 15) is 22.8 Å². The minimum absolute atomic E-state index is 0.0880. The van der Waals surface area contributed by atoms with Gasteiger partial charge >= 0.3 is 12.1 Å². The van der Waals surface area contributed by atoms with Crippen molar-refractivity contribution in [3.63, 3.8) is 0 Å². The van der Waals surface area contributed by atoms with E-state index in [1.165, 1.54) is 11.3 Å². The Morgan fingerprint density at radius 2 is 1.97 bits per heavy atom. The lowest BCUT2D eigenvalue weighted by Crippen LogP contribution is -2.45. The first kappa shape index (κ1) is 25.1. The van der Waals surface area contributed by atoms with Gasteiger partial charge in [0.15, 0.2) is 0 Å². The zero-order valence-corrected chi connectivity index (χ0v) is 17.9. The van der Waals surface area contributed by atoms with Crippen LogP contribution < -0.4 is 16.4 Å². The molecule has 1 amide bonds. The number of alkyl halides is 3. The number of amides is 1. The first-order chi connectivity index (χ1) is 15.1. The molecule has 1 aromatic carbocycles. The molecular formula is C20H23F3N4O4S. The number of carboxylic acids is 1. The van der Waals surface area contributed by atoms with E-state index in [-0.39, 0.29) is 11.8 Å². The molecule has 32 heavy (non-hydrogen) atoms. The van der Waals surface area contributed by atoms with Crippen LogP contribution in [0.2, 0.25) is 0 Å². The first-order valence-electron chi connectivity index (χ1n) is 9.59. The number of nitrogens with zero attached hydrogens (tertiary/aromatic N) is 1. The molecule has 3 rings (SSSR count). The van der Waals surface area contributed by atoms with E-state index in [0.29, 0.717) is 35.8 Å². The molecule has 2 aromatic rings. The SMILES string of the molecule is CCNc1sc(C(=O)c2ccccc2)c(N)c1C1CNCCN1C=O.O=C(O)C(F)(F)F. The summed E-state index contributed by atoms with van der Waals surface area (Å²) in [7, 11) is 0. The predicted octanol–water partition coefficient (Wildman–Crippen LogP) is 2.73. The van der Waals surface area contributed by atoms with Crippen LogP contribution in [0.5, 0.6) is 0 Å². The summed E-state index contributed by atoms with van der Waals surface area (Å²) in [5.74, 6) is -2.84. The zero-order chi connectivity index (χ0) is 23.9. The number of nitrogen functional groups attached to an aromatic ring is 1. The second kappa shape index (κ2) is 11.0. The van der Waals surface area contributed by atoms with Crippen molar-refractivity contribution in [3.8, 4) is 0 Å². The molecule has 1 fully saturated rings. The molecule has 1 atom stereocenters. The summed E-state index contributed by atoms with van der Waals surface area (Å²) in [6.45, 7) is 4.71. The number of carboxylic acid groups (broad SMARTS) is 1. The maximum atomic E-state index is 12.9. The fraction of sp³-hybridized carbons (Fsp3) is 0.350. The van der Waals surface area contributed by atoms with Crippen molar-refractivity contribution in [1.82, 2.24) is 10.2 Å². The number of nitrogens with one attached hydrogen (secondary N) is 2. The highest BCUT2D eigenvalue weighted by Crippen LogP contribution is 2.42. The van der Waals surface area contributed by atoms with Crippen LogP contribution in [0.4, 0.5) is 23.9 Å². The molecule has 0 saturated carbocycles. The Balaban J connectivity index is 0.000000451. The molecule has 0 aliphatic carbocycles. The molecule has 1 saturated heterocycles. The number of carbonyl (C=O) groups is 3. The fourth-order valence-corrected chi connectivity index (χ4v) is 4.29. The molecule has 8 nitrogen and oxygen atoms in total. The molecule has 12 heteroatoms. The van der Waals surface area contributed by atoms with Gasteiger partial charge in [-0.2, -0.15) is 13.2 Å². The molecule has 2 heterocycles. The first-order valence-corrected chi connectivity index (χ1v) is 10.4. The fourth-order valence-electron chi connectivity index (χ4n) is 3.08. The molecule has 0 spiro atoms. The van der Waals surface area contributed by atoms with Crippen molar-refractivity contribution in [1.29, 1.82) is 0 Å². The number of halogens is 3. The van der Waals surface area contributed by atoms with Crippen molar-refractivity contribution in [2.24, 2.45) is 0 Å². The number of anilines is 2. The Kier molecular flexibility index (Phi) is 8.61. The molecule has 0 radical (unpaired) electrons. The van der Waals surface area contributed by atoms with Crippen molar-refractivity contribution in [2.45, 2.75) is 19.1 Å². The average molecular weight is 472 g/mol. The van der Waals surface area contributed by atoms with Crippen LogP contribution in [0.25, 0.3) is 0 Å². The van der Waals surface area contributed by atoms with Gasteiger partial charge in [0.05, 0.1) is 16.7 Å². The normalized spacial score (nSPS) is 16.0. The zero-order valence-electron chi connectivity index (χ0n) is 17.1. The van der Waals surface area contributed by atoms with Crippen LogP contribution >= 0.6 is 11.3 Å². The molecule has 1 aromatic heterocycles. The number of thiophene rings is 1. The Morgan fingerprint density at radius 1 is 1.34 bits per heavy atom. The van der Waals surface area contributed by atoms with Gasteiger partial charge in [0, 0.05) is 37.3 Å². The lowest BCUT2D eigenvalue weighted by Gasteiger charge is -2.34. The van der Waals surface area contributed by atoms with Gasteiger partial charge in [0.2, 0.25) is 12.2 Å². The summed E-state index contributed by atoms with van der Waals surface area (Å²) in [6.07, 6.45) is -4.23. The number of piperazine rings is 1. The second-order valence-corrected chi connectivity index (χ2v) is 7.70. The third kappa shape index (κ3) is 5.98. The van der Waals surface area contributed by atoms with Crippen LogP contribution in [0.3, 0.4) is 0 Å². The Morgan fingerprint density at radius 3 is 2.50 bits per heavy atom. The largest absolute Gasteiger partial charge is 0.490 e. The summed E-state index contributed by atoms with van der Waals surface area (Å²) in [5.41, 5.74) is 8.32. The smallest absolute Gasteiger partial charge is 0.475 e.